The molecule has 2 aromatic rings. The zero-order valence-corrected chi connectivity index (χ0v) is 8.46. The fourth-order valence-corrected chi connectivity index (χ4v) is 1.50. The van der Waals surface area contributed by atoms with Gasteiger partial charge in [-0.3, -0.25) is 0 Å². The van der Waals surface area contributed by atoms with Crippen molar-refractivity contribution < 1.29 is 0 Å². The molecule has 1 aromatic heterocycles. The van der Waals surface area contributed by atoms with Crippen molar-refractivity contribution in [1.29, 1.82) is 0 Å². The lowest BCUT2D eigenvalue weighted by molar-refractivity contribution is 0.957. The number of aromatic nitrogens is 3. The number of nitrogens with one attached hydrogen (secondary N) is 2. The minimum absolute atomic E-state index is 0.921. The second-order valence-corrected chi connectivity index (χ2v) is 3.36. The number of fused-ring (bicyclic) bond motifs is 1. The maximum atomic E-state index is 4.11. The van der Waals surface area contributed by atoms with Gasteiger partial charge in [0.05, 0.1) is 0 Å². The summed E-state index contributed by atoms with van der Waals surface area (Å²) in [7, 11) is 0. The summed E-state index contributed by atoms with van der Waals surface area (Å²) in [6.45, 7) is 5.20. The first-order valence-corrected chi connectivity index (χ1v) is 4.87. The highest BCUT2D eigenvalue weighted by Crippen LogP contribution is 2.21. The van der Waals surface area contributed by atoms with Crippen molar-refractivity contribution in [3.63, 3.8) is 0 Å². The topological polar surface area (TPSA) is 53.6 Å². The highest BCUT2D eigenvalue weighted by atomic mass is 15.3. The van der Waals surface area contributed by atoms with E-state index in [2.05, 4.69) is 40.6 Å². The summed E-state index contributed by atoms with van der Waals surface area (Å²) in [6.07, 6.45) is 1.12. The summed E-state index contributed by atoms with van der Waals surface area (Å²) >= 11 is 0. The molecule has 0 atom stereocenters. The van der Waals surface area contributed by atoms with Gasteiger partial charge in [-0.15, -0.1) is 0 Å². The molecule has 0 aliphatic heterocycles. The van der Waals surface area contributed by atoms with Gasteiger partial charge in [0.2, 0.25) is 0 Å². The lowest BCUT2D eigenvalue weighted by Crippen LogP contribution is -2.01. The van der Waals surface area contributed by atoms with Crippen LogP contribution in [0.2, 0.25) is 0 Å². The van der Waals surface area contributed by atoms with Crippen LogP contribution in [0.1, 0.15) is 18.9 Å². The zero-order valence-electron chi connectivity index (χ0n) is 8.46. The van der Waals surface area contributed by atoms with Crippen LogP contribution < -0.4 is 5.32 Å². The number of nitrogens with zero attached hydrogens (tertiary/aromatic N) is 2. The van der Waals surface area contributed by atoms with Crippen LogP contribution in [0.4, 0.5) is 5.69 Å². The van der Waals surface area contributed by atoms with E-state index in [-0.39, 0.29) is 0 Å². The third kappa shape index (κ3) is 1.43. The van der Waals surface area contributed by atoms with Crippen molar-refractivity contribution in [2.24, 2.45) is 0 Å². The Hall–Kier alpha value is -1.58. The second kappa shape index (κ2) is 3.65. The van der Waals surface area contributed by atoms with Gasteiger partial charge in [0.1, 0.15) is 11.0 Å². The number of aromatic amines is 1. The quantitative estimate of drug-likeness (QED) is 0.779. The number of hydrogen-bond acceptors (Lipinski definition) is 3. The molecule has 4 heteroatoms. The third-order valence-electron chi connectivity index (χ3n) is 2.31. The lowest BCUT2D eigenvalue weighted by Gasteiger charge is -2.07. The molecule has 0 radical (unpaired) electrons. The van der Waals surface area contributed by atoms with Gasteiger partial charge in [-0.2, -0.15) is 15.4 Å². The molecule has 0 saturated carbocycles. The van der Waals surface area contributed by atoms with E-state index in [1.165, 1.54) is 0 Å². The van der Waals surface area contributed by atoms with Crippen LogP contribution in [0.25, 0.3) is 11.0 Å². The van der Waals surface area contributed by atoms with Crippen LogP contribution in [0, 0.1) is 6.92 Å². The van der Waals surface area contributed by atoms with Crippen LogP contribution in [-0.2, 0) is 0 Å². The molecule has 4 nitrogen and oxygen atoms in total. The number of H-pyrrole nitrogens is 1. The molecule has 0 spiro atoms. The van der Waals surface area contributed by atoms with Crippen molar-refractivity contribution in [2.45, 2.75) is 20.3 Å². The van der Waals surface area contributed by atoms with Gasteiger partial charge in [-0.1, -0.05) is 6.92 Å². The molecule has 0 saturated heterocycles. The highest BCUT2D eigenvalue weighted by molar-refractivity contribution is 5.82. The molecule has 0 unspecified atom stereocenters. The number of rotatable bonds is 3. The van der Waals surface area contributed by atoms with E-state index in [0.29, 0.717) is 0 Å². The molecule has 1 heterocycles. The molecule has 0 aliphatic rings. The molecular weight excluding hydrogens is 176 g/mol. The monoisotopic (exact) mass is 190 g/mol. The second-order valence-electron chi connectivity index (χ2n) is 3.36. The summed E-state index contributed by atoms with van der Waals surface area (Å²) in [5, 5.41) is 14.1. The van der Waals surface area contributed by atoms with Gasteiger partial charge >= 0.3 is 0 Å². The SMILES string of the molecule is CCCNc1ccc2n[nH]nc2c1C. The first kappa shape index (κ1) is 8.99. The number of hydrogen-bond donors (Lipinski definition) is 2. The fourth-order valence-electron chi connectivity index (χ4n) is 1.50. The Balaban J connectivity index is 2.40. The van der Waals surface area contributed by atoms with Crippen LogP contribution in [0.5, 0.6) is 0 Å². The molecule has 2 N–H and O–H groups in total. The maximum absolute atomic E-state index is 4.11. The minimum Gasteiger partial charge on any atom is -0.385 e. The van der Waals surface area contributed by atoms with E-state index >= 15 is 0 Å². The van der Waals surface area contributed by atoms with Crippen molar-refractivity contribution in [2.75, 3.05) is 11.9 Å². The number of benzene rings is 1. The van der Waals surface area contributed by atoms with Crippen molar-refractivity contribution in [1.82, 2.24) is 15.4 Å². The summed E-state index contributed by atoms with van der Waals surface area (Å²) in [5.41, 5.74) is 4.17. The highest BCUT2D eigenvalue weighted by Gasteiger charge is 2.05. The van der Waals surface area contributed by atoms with Crippen LogP contribution in [0.3, 0.4) is 0 Å². The summed E-state index contributed by atoms with van der Waals surface area (Å²) in [5.74, 6) is 0. The molecule has 0 bridgehead atoms. The largest absolute Gasteiger partial charge is 0.385 e. The van der Waals surface area contributed by atoms with Gasteiger partial charge in [0.25, 0.3) is 0 Å². The van der Waals surface area contributed by atoms with Gasteiger partial charge < -0.3 is 5.32 Å². The van der Waals surface area contributed by atoms with Crippen LogP contribution in [-0.4, -0.2) is 22.0 Å². The number of aryl methyl sites for hydroxylation is 1. The molecule has 1 aromatic carbocycles. The predicted molar refractivity (Wildman–Crippen MR) is 57.4 cm³/mol. The lowest BCUT2D eigenvalue weighted by atomic mass is 10.1. The smallest absolute Gasteiger partial charge is 0.117 e. The molecule has 14 heavy (non-hydrogen) atoms. The Morgan fingerprint density at radius 3 is 3.00 bits per heavy atom. The van der Waals surface area contributed by atoms with E-state index < -0.39 is 0 Å². The molecule has 74 valence electrons. The Morgan fingerprint density at radius 2 is 2.21 bits per heavy atom. The summed E-state index contributed by atoms with van der Waals surface area (Å²) in [4.78, 5) is 0. The zero-order chi connectivity index (χ0) is 9.97. The third-order valence-corrected chi connectivity index (χ3v) is 2.31. The normalized spacial score (nSPS) is 10.7. The Kier molecular flexibility index (Phi) is 2.35. The van der Waals surface area contributed by atoms with E-state index in [1.807, 2.05) is 6.07 Å². The van der Waals surface area contributed by atoms with Crippen LogP contribution in [0.15, 0.2) is 12.1 Å². The first-order chi connectivity index (χ1) is 6.83. The van der Waals surface area contributed by atoms with Crippen LogP contribution >= 0.6 is 0 Å². The Bertz CT molecular complexity index is 433. The van der Waals surface area contributed by atoms with E-state index in [1.54, 1.807) is 0 Å². The first-order valence-electron chi connectivity index (χ1n) is 4.87. The average molecular weight is 190 g/mol. The standard InChI is InChI=1S/C10H14N4/c1-3-6-11-8-4-5-9-10(7(8)2)13-14-12-9/h4-5,11H,3,6H2,1-2H3,(H,12,13,14). The van der Waals surface area contributed by atoms with Crippen molar-refractivity contribution >= 4 is 16.7 Å². The van der Waals surface area contributed by atoms with Gasteiger partial charge in [-0.25, -0.2) is 0 Å². The molecule has 2 rings (SSSR count). The molecule has 0 amide bonds. The fraction of sp³-hybridized carbons (Fsp3) is 0.400. The van der Waals surface area contributed by atoms with E-state index in [4.69, 9.17) is 0 Å². The van der Waals surface area contributed by atoms with Gasteiger partial charge in [-0.05, 0) is 25.5 Å². The number of anilines is 1. The van der Waals surface area contributed by atoms with E-state index in [9.17, 15) is 0 Å². The molecule has 0 aliphatic carbocycles. The molecule has 0 fully saturated rings. The Labute approximate surface area is 82.7 Å². The average Bonchev–Trinajstić information content (AvgIpc) is 2.66. The molecular formula is C10H14N4. The maximum Gasteiger partial charge on any atom is 0.117 e. The minimum atomic E-state index is 0.921. The predicted octanol–water partition coefficient (Wildman–Crippen LogP) is 2.09. The van der Waals surface area contributed by atoms with Gasteiger partial charge in [0, 0.05) is 17.8 Å². The van der Waals surface area contributed by atoms with Crippen molar-refractivity contribution in [3.8, 4) is 0 Å². The summed E-state index contributed by atoms with van der Waals surface area (Å²) in [6, 6.07) is 4.03. The van der Waals surface area contributed by atoms with Crippen molar-refractivity contribution in [3.05, 3.63) is 17.7 Å². The van der Waals surface area contributed by atoms with Gasteiger partial charge in [0.15, 0.2) is 0 Å². The van der Waals surface area contributed by atoms with E-state index in [0.717, 1.165) is 35.2 Å². The summed E-state index contributed by atoms with van der Waals surface area (Å²) < 4.78 is 0. The Morgan fingerprint density at radius 1 is 1.36 bits per heavy atom.